The first kappa shape index (κ1) is 52.1. The van der Waals surface area contributed by atoms with E-state index in [9.17, 15) is 14.4 Å². The fourth-order valence-corrected chi connectivity index (χ4v) is 10.1. The Balaban J connectivity index is 1.07. The average Bonchev–Trinajstić information content (AvgIpc) is 3.94. The SMILES string of the molecule is O=C(O[C@@H]1[C@@H](O[C@H]2O[C@H](COCc3ccccc3)[C@@H](OCc3ccccc3)[C@H](OCc3ccccc3)[C@H]2OCc2ccccc2)[C@H](OC(=O)c2ccccc2)CN2CC[C@@H](OC(=O)c3ccccc3)[C@@H]12)c1ccccc1. The van der Waals surface area contributed by atoms with Crippen molar-refractivity contribution in [2.75, 3.05) is 19.7 Å². The van der Waals surface area contributed by atoms with Crippen molar-refractivity contribution < 1.29 is 57.0 Å². The van der Waals surface area contributed by atoms with Gasteiger partial charge in [0, 0.05) is 13.1 Å². The van der Waals surface area contributed by atoms with Crippen LogP contribution in [0.4, 0.5) is 0 Å². The molecule has 0 amide bonds. The Bertz CT molecular complexity index is 2890. The summed E-state index contributed by atoms with van der Waals surface area (Å²) in [7, 11) is 0. The minimum Gasteiger partial charge on any atom is -0.457 e. The maximum atomic E-state index is 14.5. The summed E-state index contributed by atoms with van der Waals surface area (Å²) in [4.78, 5) is 44.8. The molecule has 13 nitrogen and oxygen atoms in total. The Hall–Kier alpha value is -7.33. The second-order valence-corrected chi connectivity index (χ2v) is 19.1. The van der Waals surface area contributed by atoms with Gasteiger partial charge in [-0.3, -0.25) is 4.90 Å². The van der Waals surface area contributed by atoms with E-state index in [1.54, 1.807) is 72.8 Å². The zero-order valence-corrected chi connectivity index (χ0v) is 42.0. The van der Waals surface area contributed by atoms with Crippen LogP contribution in [0.25, 0.3) is 0 Å². The summed E-state index contributed by atoms with van der Waals surface area (Å²) >= 11 is 0. The molecular formula is C63H61NO12. The van der Waals surface area contributed by atoms with E-state index in [0.717, 1.165) is 22.3 Å². The van der Waals surface area contributed by atoms with E-state index in [1.807, 2.05) is 144 Å². The molecule has 0 aliphatic carbocycles. The van der Waals surface area contributed by atoms with Crippen LogP contribution in [0.1, 0.15) is 59.7 Å². The van der Waals surface area contributed by atoms with E-state index in [-0.39, 0.29) is 45.1 Å². The molecule has 3 aliphatic rings. The molecule has 0 spiro atoms. The maximum absolute atomic E-state index is 14.5. The summed E-state index contributed by atoms with van der Waals surface area (Å²) in [5.41, 5.74) is 4.67. The third-order valence-electron chi connectivity index (χ3n) is 13.9. The normalized spacial score (nSPS) is 24.2. The third kappa shape index (κ3) is 13.4. The lowest BCUT2D eigenvalue weighted by atomic mass is 9.91. The Morgan fingerprint density at radius 1 is 0.421 bits per heavy atom. The summed E-state index contributed by atoms with van der Waals surface area (Å²) in [6.45, 7) is 1.40. The molecule has 3 aliphatic heterocycles. The number of carbonyl (C=O) groups excluding carboxylic acids is 3. The lowest BCUT2D eigenvalue weighted by molar-refractivity contribution is -0.349. The van der Waals surface area contributed by atoms with Crippen molar-refractivity contribution in [2.45, 2.75) is 94.0 Å². The zero-order valence-electron chi connectivity index (χ0n) is 42.0. The summed E-state index contributed by atoms with van der Waals surface area (Å²) in [6, 6.07) is 64.6. The molecule has 7 aromatic carbocycles. The second kappa shape index (κ2) is 25.9. The number of nitrogens with zero attached hydrogens (tertiary/aromatic N) is 1. The molecule has 0 N–H and O–H groups in total. The molecule has 3 fully saturated rings. The molecule has 7 aromatic rings. The summed E-state index contributed by atoms with van der Waals surface area (Å²) in [6.07, 6.45) is -8.73. The number of fused-ring (bicyclic) bond motifs is 1. The quantitative estimate of drug-likeness (QED) is 0.0499. The molecule has 13 heteroatoms. The largest absolute Gasteiger partial charge is 0.457 e. The number of benzene rings is 7. The van der Waals surface area contributed by atoms with Crippen molar-refractivity contribution in [1.29, 1.82) is 0 Å². The standard InChI is InChI=1S/C63H61NO12/c65-60(48-30-16-5-17-31-48)72-51-36-37-64-38-52(73-61(66)49-32-18-6-19-33-49)56(57(54(51)64)75-62(67)50-34-20-7-21-35-50)76-63-59(71-42-47-28-14-4-15-29-47)58(70-41-46-26-12-3-13-27-46)55(69-40-45-24-10-2-11-25-45)53(74-63)43-68-39-44-22-8-1-9-23-44/h1-35,51-59,63H,36-43H2/t51-,52-,53-,54+,55-,56+,57+,58+,59-,63-/m1/s1. The van der Waals surface area contributed by atoms with E-state index in [0.29, 0.717) is 24.1 Å². The van der Waals surface area contributed by atoms with Crippen molar-refractivity contribution in [3.05, 3.63) is 251 Å². The fourth-order valence-electron chi connectivity index (χ4n) is 10.1. The molecule has 10 atom stereocenters. The Morgan fingerprint density at radius 2 is 0.816 bits per heavy atom. The Morgan fingerprint density at radius 3 is 1.29 bits per heavy atom. The van der Waals surface area contributed by atoms with Gasteiger partial charge in [0.25, 0.3) is 0 Å². The van der Waals surface area contributed by atoms with Crippen molar-refractivity contribution in [1.82, 2.24) is 4.90 Å². The first-order valence-electron chi connectivity index (χ1n) is 25.8. The van der Waals surface area contributed by atoms with Gasteiger partial charge in [-0.2, -0.15) is 0 Å². The van der Waals surface area contributed by atoms with Crippen LogP contribution in [-0.2, 0) is 69.1 Å². The van der Waals surface area contributed by atoms with Gasteiger partial charge in [-0.15, -0.1) is 0 Å². The molecular weight excluding hydrogens is 963 g/mol. The number of carbonyl (C=O) groups is 3. The molecule has 0 radical (unpaired) electrons. The lowest BCUT2D eigenvalue weighted by Crippen LogP contribution is -2.68. The molecule has 76 heavy (non-hydrogen) atoms. The number of hydrogen-bond acceptors (Lipinski definition) is 13. The number of esters is 3. The number of piperidine rings is 1. The van der Waals surface area contributed by atoms with Crippen LogP contribution in [0.2, 0.25) is 0 Å². The highest BCUT2D eigenvalue weighted by Crippen LogP contribution is 2.39. The van der Waals surface area contributed by atoms with Gasteiger partial charge in [-0.1, -0.05) is 176 Å². The number of ether oxygens (including phenoxy) is 9. The zero-order chi connectivity index (χ0) is 51.9. The van der Waals surface area contributed by atoms with Crippen LogP contribution in [0.3, 0.4) is 0 Å². The highest BCUT2D eigenvalue weighted by molar-refractivity contribution is 5.90. The van der Waals surface area contributed by atoms with Gasteiger partial charge in [-0.25, -0.2) is 14.4 Å². The van der Waals surface area contributed by atoms with Crippen LogP contribution in [0.5, 0.6) is 0 Å². The Kier molecular flexibility index (Phi) is 17.8. The predicted octanol–water partition coefficient (Wildman–Crippen LogP) is 9.83. The third-order valence-corrected chi connectivity index (χ3v) is 13.9. The van der Waals surface area contributed by atoms with Gasteiger partial charge < -0.3 is 42.6 Å². The average molecular weight is 1020 g/mol. The first-order valence-corrected chi connectivity index (χ1v) is 25.8. The fraction of sp³-hybridized carbons (Fsp3) is 0.286. The topological polar surface area (TPSA) is 138 Å². The summed E-state index contributed by atoms with van der Waals surface area (Å²) < 4.78 is 61.6. The van der Waals surface area contributed by atoms with Crippen LogP contribution in [0, 0.1) is 0 Å². The van der Waals surface area contributed by atoms with E-state index >= 15 is 0 Å². The molecule has 0 unspecified atom stereocenters. The van der Waals surface area contributed by atoms with Crippen LogP contribution in [0.15, 0.2) is 212 Å². The van der Waals surface area contributed by atoms with E-state index in [4.69, 9.17) is 42.6 Å². The van der Waals surface area contributed by atoms with E-state index in [1.165, 1.54) is 0 Å². The monoisotopic (exact) mass is 1020 g/mol. The van der Waals surface area contributed by atoms with Crippen molar-refractivity contribution in [2.24, 2.45) is 0 Å². The van der Waals surface area contributed by atoms with Gasteiger partial charge in [-0.05, 0) is 65.1 Å². The predicted molar refractivity (Wildman–Crippen MR) is 282 cm³/mol. The van der Waals surface area contributed by atoms with Gasteiger partial charge in [0.1, 0.15) is 42.7 Å². The van der Waals surface area contributed by atoms with Crippen molar-refractivity contribution >= 4 is 17.9 Å². The van der Waals surface area contributed by atoms with Crippen molar-refractivity contribution in [3.63, 3.8) is 0 Å². The van der Waals surface area contributed by atoms with Crippen LogP contribution >= 0.6 is 0 Å². The van der Waals surface area contributed by atoms with E-state index < -0.39 is 79.1 Å². The maximum Gasteiger partial charge on any atom is 0.338 e. The van der Waals surface area contributed by atoms with Gasteiger partial charge in [0.15, 0.2) is 12.4 Å². The Labute approximate surface area is 443 Å². The molecule has 3 saturated heterocycles. The number of rotatable bonds is 21. The minimum atomic E-state index is -1.30. The molecule has 0 aromatic heterocycles. The molecule has 10 rings (SSSR count). The van der Waals surface area contributed by atoms with Crippen molar-refractivity contribution in [3.8, 4) is 0 Å². The number of hydrogen-bond donors (Lipinski definition) is 0. The molecule has 0 bridgehead atoms. The lowest BCUT2D eigenvalue weighted by Gasteiger charge is -2.50. The smallest absolute Gasteiger partial charge is 0.338 e. The second-order valence-electron chi connectivity index (χ2n) is 19.1. The van der Waals surface area contributed by atoms with Crippen LogP contribution in [-0.4, -0.2) is 104 Å². The highest BCUT2D eigenvalue weighted by Gasteiger charge is 2.58. The molecule has 0 saturated carbocycles. The van der Waals surface area contributed by atoms with E-state index in [2.05, 4.69) is 0 Å². The first-order chi connectivity index (χ1) is 37.4. The summed E-state index contributed by atoms with van der Waals surface area (Å²) in [5.74, 6) is -1.79. The minimum absolute atomic E-state index is 0.0439. The molecule has 3 heterocycles. The summed E-state index contributed by atoms with van der Waals surface area (Å²) in [5, 5.41) is 0. The van der Waals surface area contributed by atoms with Gasteiger partial charge in [0.05, 0.1) is 55.8 Å². The highest BCUT2D eigenvalue weighted by atomic mass is 16.7. The van der Waals surface area contributed by atoms with Gasteiger partial charge >= 0.3 is 17.9 Å². The van der Waals surface area contributed by atoms with Gasteiger partial charge in [0.2, 0.25) is 0 Å². The van der Waals surface area contributed by atoms with Crippen LogP contribution < -0.4 is 0 Å². The molecule has 390 valence electrons.